The van der Waals surface area contributed by atoms with Gasteiger partial charge in [-0.25, -0.2) is 0 Å². The Balaban J connectivity index is 2.01. The fourth-order valence-corrected chi connectivity index (χ4v) is 3.07. The van der Waals surface area contributed by atoms with E-state index in [2.05, 4.69) is 42.6 Å². The van der Waals surface area contributed by atoms with Gasteiger partial charge in [0.25, 0.3) is 0 Å². The Hall–Kier alpha value is -0.120. The lowest BCUT2D eigenvalue weighted by Crippen LogP contribution is -2.56. The zero-order valence-corrected chi connectivity index (χ0v) is 10.6. The summed E-state index contributed by atoms with van der Waals surface area (Å²) in [5.74, 6) is 0. The van der Waals surface area contributed by atoms with Crippen LogP contribution in [0.25, 0.3) is 0 Å². The van der Waals surface area contributed by atoms with Gasteiger partial charge in [0.1, 0.15) is 0 Å². The predicted molar refractivity (Wildman–Crippen MR) is 64.2 cm³/mol. The van der Waals surface area contributed by atoms with E-state index in [0.717, 1.165) is 12.1 Å². The van der Waals surface area contributed by atoms with Crippen molar-refractivity contribution in [1.29, 1.82) is 0 Å². The predicted octanol–water partition coefficient (Wildman–Crippen LogP) is 0.715. The lowest BCUT2D eigenvalue weighted by atomic mass is 10.1. The second-order valence-corrected chi connectivity index (χ2v) is 5.51. The average molecular weight is 211 g/mol. The van der Waals surface area contributed by atoms with E-state index in [4.69, 9.17) is 0 Å². The van der Waals surface area contributed by atoms with Crippen LogP contribution < -0.4 is 0 Å². The van der Waals surface area contributed by atoms with E-state index in [9.17, 15) is 0 Å². The molecule has 15 heavy (non-hydrogen) atoms. The summed E-state index contributed by atoms with van der Waals surface area (Å²) >= 11 is 0. The van der Waals surface area contributed by atoms with E-state index in [0.29, 0.717) is 6.04 Å². The van der Waals surface area contributed by atoms with Gasteiger partial charge >= 0.3 is 0 Å². The lowest BCUT2D eigenvalue weighted by molar-refractivity contribution is 0.0588. The molecule has 2 atom stereocenters. The van der Waals surface area contributed by atoms with E-state index in [1.165, 1.54) is 32.6 Å². The fourth-order valence-electron chi connectivity index (χ4n) is 3.07. The molecule has 0 spiro atoms. The first-order chi connectivity index (χ1) is 7.09. The van der Waals surface area contributed by atoms with Gasteiger partial charge in [-0.15, -0.1) is 0 Å². The van der Waals surface area contributed by atoms with Crippen molar-refractivity contribution in [2.75, 3.05) is 40.3 Å². The molecule has 0 aromatic rings. The molecule has 0 bridgehead atoms. The minimum absolute atomic E-state index is 0.704. The van der Waals surface area contributed by atoms with E-state index in [1.807, 2.05) is 0 Å². The highest BCUT2D eigenvalue weighted by atomic mass is 15.3. The van der Waals surface area contributed by atoms with Crippen molar-refractivity contribution in [1.82, 2.24) is 14.7 Å². The fraction of sp³-hybridized carbons (Fsp3) is 1.00. The van der Waals surface area contributed by atoms with Crippen LogP contribution in [-0.4, -0.2) is 73.1 Å². The first kappa shape index (κ1) is 11.4. The Labute approximate surface area is 94.0 Å². The minimum atomic E-state index is 0.704. The summed E-state index contributed by atoms with van der Waals surface area (Å²) in [6, 6.07) is 2.25. The zero-order chi connectivity index (χ0) is 11.0. The molecule has 0 aromatic carbocycles. The van der Waals surface area contributed by atoms with Gasteiger partial charge in [0.05, 0.1) is 0 Å². The van der Waals surface area contributed by atoms with Crippen LogP contribution in [0.4, 0.5) is 0 Å². The van der Waals surface area contributed by atoms with Crippen LogP contribution >= 0.6 is 0 Å². The van der Waals surface area contributed by atoms with E-state index in [-0.39, 0.29) is 0 Å². The Kier molecular flexibility index (Phi) is 3.33. The molecule has 2 aliphatic rings. The molecule has 2 heterocycles. The summed E-state index contributed by atoms with van der Waals surface area (Å²) in [5, 5.41) is 0. The van der Waals surface area contributed by atoms with Gasteiger partial charge in [0.15, 0.2) is 0 Å². The van der Waals surface area contributed by atoms with Crippen LogP contribution in [-0.2, 0) is 0 Å². The number of rotatable bonds is 2. The third kappa shape index (κ3) is 2.19. The van der Waals surface area contributed by atoms with Crippen molar-refractivity contribution in [2.24, 2.45) is 0 Å². The first-order valence-electron chi connectivity index (χ1n) is 6.24. The quantitative estimate of drug-likeness (QED) is 0.666. The van der Waals surface area contributed by atoms with Crippen LogP contribution in [0.2, 0.25) is 0 Å². The molecule has 0 radical (unpaired) electrons. The Morgan fingerprint density at radius 2 is 1.87 bits per heavy atom. The smallest absolute Gasteiger partial charge is 0.0379 e. The summed E-state index contributed by atoms with van der Waals surface area (Å²) in [6.07, 6.45) is 1.35. The SMILES string of the molecule is CC(C)N1CCN2CCC(N(C)C)C2C1. The van der Waals surface area contributed by atoms with Crippen molar-refractivity contribution in [3.63, 3.8) is 0 Å². The van der Waals surface area contributed by atoms with Gasteiger partial charge in [0.2, 0.25) is 0 Å². The molecule has 0 aromatic heterocycles. The molecular weight excluding hydrogens is 186 g/mol. The second kappa shape index (κ2) is 4.40. The standard InChI is InChI=1S/C12H25N3/c1-10(2)15-8-7-14-6-5-11(13(3)4)12(14)9-15/h10-12H,5-9H2,1-4H3. The minimum Gasteiger partial charge on any atom is -0.305 e. The highest BCUT2D eigenvalue weighted by Crippen LogP contribution is 2.25. The number of hydrogen-bond donors (Lipinski definition) is 0. The van der Waals surface area contributed by atoms with E-state index < -0.39 is 0 Å². The first-order valence-corrected chi connectivity index (χ1v) is 6.24. The topological polar surface area (TPSA) is 9.72 Å². The van der Waals surface area contributed by atoms with Gasteiger partial charge in [-0.3, -0.25) is 9.80 Å². The second-order valence-electron chi connectivity index (χ2n) is 5.51. The van der Waals surface area contributed by atoms with Crippen LogP contribution in [0.1, 0.15) is 20.3 Å². The normalized spacial score (nSPS) is 34.0. The molecule has 0 N–H and O–H groups in total. The molecule has 0 saturated carbocycles. The number of likely N-dealkylation sites (N-methyl/N-ethyl adjacent to an activating group) is 1. The Bertz CT molecular complexity index is 215. The van der Waals surface area contributed by atoms with Gasteiger partial charge in [-0.05, 0) is 34.4 Å². The Morgan fingerprint density at radius 1 is 1.13 bits per heavy atom. The van der Waals surface area contributed by atoms with Crippen molar-refractivity contribution in [2.45, 2.75) is 38.4 Å². The molecule has 2 fully saturated rings. The number of hydrogen-bond acceptors (Lipinski definition) is 3. The molecule has 0 amide bonds. The highest BCUT2D eigenvalue weighted by molar-refractivity contribution is 4.97. The van der Waals surface area contributed by atoms with Gasteiger partial charge in [0, 0.05) is 44.3 Å². The summed E-state index contributed by atoms with van der Waals surface area (Å²) in [7, 11) is 4.45. The number of fused-ring (bicyclic) bond motifs is 1. The lowest BCUT2D eigenvalue weighted by Gasteiger charge is -2.42. The van der Waals surface area contributed by atoms with Crippen molar-refractivity contribution in [3.8, 4) is 0 Å². The summed E-state index contributed by atoms with van der Waals surface area (Å²) in [6.45, 7) is 9.73. The molecule has 0 aliphatic carbocycles. The monoisotopic (exact) mass is 211 g/mol. The van der Waals surface area contributed by atoms with Gasteiger partial charge in [-0.2, -0.15) is 0 Å². The van der Waals surface area contributed by atoms with Gasteiger partial charge in [-0.1, -0.05) is 0 Å². The van der Waals surface area contributed by atoms with Crippen LogP contribution in [0.3, 0.4) is 0 Å². The van der Waals surface area contributed by atoms with E-state index in [1.54, 1.807) is 0 Å². The molecule has 88 valence electrons. The van der Waals surface area contributed by atoms with Gasteiger partial charge < -0.3 is 4.90 Å². The summed E-state index contributed by atoms with van der Waals surface area (Å²) in [4.78, 5) is 7.72. The third-order valence-electron chi connectivity index (χ3n) is 4.11. The average Bonchev–Trinajstić information content (AvgIpc) is 2.59. The number of piperazine rings is 1. The molecule has 2 rings (SSSR count). The zero-order valence-electron chi connectivity index (χ0n) is 10.6. The third-order valence-corrected chi connectivity index (χ3v) is 4.11. The van der Waals surface area contributed by atoms with Crippen molar-refractivity contribution in [3.05, 3.63) is 0 Å². The molecule has 2 unspecified atom stereocenters. The molecule has 2 saturated heterocycles. The highest BCUT2D eigenvalue weighted by Gasteiger charge is 2.39. The summed E-state index contributed by atoms with van der Waals surface area (Å²) in [5.41, 5.74) is 0. The number of nitrogens with zero attached hydrogens (tertiary/aromatic N) is 3. The molecular formula is C12H25N3. The molecule has 2 aliphatic heterocycles. The summed E-state index contributed by atoms with van der Waals surface area (Å²) < 4.78 is 0. The van der Waals surface area contributed by atoms with Crippen molar-refractivity contribution >= 4 is 0 Å². The largest absolute Gasteiger partial charge is 0.305 e. The maximum Gasteiger partial charge on any atom is 0.0379 e. The molecule has 3 heteroatoms. The van der Waals surface area contributed by atoms with Crippen LogP contribution in [0.15, 0.2) is 0 Å². The van der Waals surface area contributed by atoms with Crippen LogP contribution in [0, 0.1) is 0 Å². The van der Waals surface area contributed by atoms with E-state index >= 15 is 0 Å². The van der Waals surface area contributed by atoms with Crippen LogP contribution in [0.5, 0.6) is 0 Å². The Morgan fingerprint density at radius 3 is 2.47 bits per heavy atom. The van der Waals surface area contributed by atoms with Crippen molar-refractivity contribution < 1.29 is 0 Å². The maximum atomic E-state index is 2.68. The molecule has 3 nitrogen and oxygen atoms in total. The maximum absolute atomic E-state index is 2.68.